The first-order valence-corrected chi connectivity index (χ1v) is 9.00. The molecule has 3 rings (SSSR count). The average Bonchev–Trinajstić information content (AvgIpc) is 3.10. The number of carbonyl (C=O) groups is 2. The highest BCUT2D eigenvalue weighted by molar-refractivity contribution is 7.09. The van der Waals surface area contributed by atoms with E-state index in [2.05, 4.69) is 10.3 Å². The Morgan fingerprint density at radius 3 is 2.38 bits per heavy atom. The molecule has 0 atom stereocenters. The molecule has 1 amide bonds. The lowest BCUT2D eigenvalue weighted by atomic mass is 10.0. The third-order valence-corrected chi connectivity index (χ3v) is 4.59. The maximum Gasteiger partial charge on any atom is 0.258 e. The van der Waals surface area contributed by atoms with Crippen LogP contribution in [0.2, 0.25) is 0 Å². The summed E-state index contributed by atoms with van der Waals surface area (Å²) >= 11 is 1.51. The Morgan fingerprint density at radius 1 is 1.04 bits per heavy atom. The third-order valence-electron chi connectivity index (χ3n) is 3.63. The number of aryl methyl sites for hydroxylation is 1. The Hall–Kier alpha value is -2.99. The van der Waals surface area contributed by atoms with Crippen LogP contribution in [0.5, 0.6) is 5.75 Å². The predicted octanol–water partition coefficient (Wildman–Crippen LogP) is 3.38. The number of nitrogens with one attached hydrogen (secondary N) is 1. The highest BCUT2D eigenvalue weighted by Gasteiger charge is 2.09. The van der Waals surface area contributed by atoms with Gasteiger partial charge in [0.05, 0.1) is 6.54 Å². The Kier molecular flexibility index (Phi) is 5.76. The lowest BCUT2D eigenvalue weighted by Crippen LogP contribution is -2.28. The largest absolute Gasteiger partial charge is 0.484 e. The molecule has 0 bridgehead atoms. The van der Waals surface area contributed by atoms with Gasteiger partial charge in [0, 0.05) is 22.2 Å². The summed E-state index contributed by atoms with van der Waals surface area (Å²) in [5, 5.41) is 5.57. The third kappa shape index (κ3) is 4.77. The number of nitrogens with zero attached hydrogens (tertiary/aromatic N) is 1. The molecule has 0 aliphatic carbocycles. The number of benzene rings is 2. The number of amides is 1. The molecule has 1 heterocycles. The van der Waals surface area contributed by atoms with Crippen molar-refractivity contribution < 1.29 is 14.3 Å². The molecule has 3 aromatic rings. The summed E-state index contributed by atoms with van der Waals surface area (Å²) < 4.78 is 5.46. The first-order valence-electron chi connectivity index (χ1n) is 8.12. The highest BCUT2D eigenvalue weighted by Crippen LogP contribution is 2.15. The summed E-state index contributed by atoms with van der Waals surface area (Å²) in [6.07, 6.45) is 0. The van der Waals surface area contributed by atoms with Gasteiger partial charge in [0.1, 0.15) is 10.8 Å². The number of hydrogen-bond donors (Lipinski definition) is 1. The molecular formula is C20H18N2O3S. The fraction of sp³-hybridized carbons (Fsp3) is 0.150. The molecule has 0 saturated carbocycles. The molecule has 0 unspecified atom stereocenters. The van der Waals surface area contributed by atoms with E-state index in [1.165, 1.54) is 11.3 Å². The van der Waals surface area contributed by atoms with E-state index in [1.54, 1.807) is 36.4 Å². The van der Waals surface area contributed by atoms with Crippen molar-refractivity contribution in [1.29, 1.82) is 0 Å². The van der Waals surface area contributed by atoms with Gasteiger partial charge in [0.15, 0.2) is 12.4 Å². The van der Waals surface area contributed by atoms with E-state index >= 15 is 0 Å². The zero-order chi connectivity index (χ0) is 18.4. The molecule has 0 saturated heterocycles. The van der Waals surface area contributed by atoms with Gasteiger partial charge in [-0.25, -0.2) is 4.98 Å². The van der Waals surface area contributed by atoms with Crippen molar-refractivity contribution in [3.63, 3.8) is 0 Å². The maximum absolute atomic E-state index is 12.3. The molecular weight excluding hydrogens is 348 g/mol. The fourth-order valence-electron chi connectivity index (χ4n) is 2.32. The average molecular weight is 366 g/mol. The van der Waals surface area contributed by atoms with E-state index in [0.29, 0.717) is 23.4 Å². The minimum absolute atomic E-state index is 0.0476. The predicted molar refractivity (Wildman–Crippen MR) is 101 cm³/mol. The van der Waals surface area contributed by atoms with Crippen LogP contribution in [0.15, 0.2) is 60.0 Å². The summed E-state index contributed by atoms with van der Waals surface area (Å²) in [6.45, 7) is 2.22. The maximum atomic E-state index is 12.3. The van der Waals surface area contributed by atoms with Gasteiger partial charge in [-0.15, -0.1) is 11.3 Å². The molecule has 0 aliphatic heterocycles. The molecule has 0 fully saturated rings. The number of ketones is 1. The smallest absolute Gasteiger partial charge is 0.258 e. The van der Waals surface area contributed by atoms with E-state index in [1.807, 2.05) is 30.5 Å². The SMILES string of the molecule is Cc1csc(CNC(=O)COc2ccc(C(=O)c3ccccc3)cc2)n1. The van der Waals surface area contributed by atoms with Crippen molar-refractivity contribution >= 4 is 23.0 Å². The van der Waals surface area contributed by atoms with E-state index in [9.17, 15) is 9.59 Å². The minimum Gasteiger partial charge on any atom is -0.484 e. The van der Waals surface area contributed by atoms with Gasteiger partial charge in [0.25, 0.3) is 5.91 Å². The number of rotatable bonds is 7. The number of carbonyl (C=O) groups excluding carboxylic acids is 2. The number of hydrogen-bond acceptors (Lipinski definition) is 5. The molecule has 6 heteroatoms. The summed E-state index contributed by atoms with van der Waals surface area (Å²) in [5.41, 5.74) is 2.16. The molecule has 1 N–H and O–H groups in total. The van der Waals surface area contributed by atoms with Crippen LogP contribution in [-0.2, 0) is 11.3 Å². The van der Waals surface area contributed by atoms with Crippen molar-refractivity contribution in [3.05, 3.63) is 81.8 Å². The van der Waals surface area contributed by atoms with E-state index in [0.717, 1.165) is 10.7 Å². The molecule has 0 spiro atoms. The molecule has 0 radical (unpaired) electrons. The topological polar surface area (TPSA) is 68.3 Å². The lowest BCUT2D eigenvalue weighted by Gasteiger charge is -2.07. The summed E-state index contributed by atoms with van der Waals surface area (Å²) in [7, 11) is 0. The van der Waals surface area contributed by atoms with Crippen molar-refractivity contribution in [3.8, 4) is 5.75 Å². The van der Waals surface area contributed by atoms with Gasteiger partial charge in [-0.3, -0.25) is 9.59 Å². The van der Waals surface area contributed by atoms with Crippen LogP contribution in [0, 0.1) is 6.92 Å². The number of ether oxygens (including phenoxy) is 1. The Morgan fingerprint density at radius 2 is 1.73 bits per heavy atom. The van der Waals surface area contributed by atoms with Crippen LogP contribution < -0.4 is 10.1 Å². The summed E-state index contributed by atoms with van der Waals surface area (Å²) in [6, 6.07) is 15.9. The Bertz CT molecular complexity index is 889. The zero-order valence-electron chi connectivity index (χ0n) is 14.3. The lowest BCUT2D eigenvalue weighted by molar-refractivity contribution is -0.123. The minimum atomic E-state index is -0.220. The monoisotopic (exact) mass is 366 g/mol. The second-order valence-electron chi connectivity index (χ2n) is 5.67. The van der Waals surface area contributed by atoms with Gasteiger partial charge < -0.3 is 10.1 Å². The second kappa shape index (κ2) is 8.40. The van der Waals surface area contributed by atoms with Crippen molar-refractivity contribution in [2.45, 2.75) is 13.5 Å². The van der Waals surface area contributed by atoms with Gasteiger partial charge >= 0.3 is 0 Å². The van der Waals surface area contributed by atoms with Gasteiger partial charge in [0.2, 0.25) is 0 Å². The highest BCUT2D eigenvalue weighted by atomic mass is 32.1. The number of thiazole rings is 1. The van der Waals surface area contributed by atoms with Gasteiger partial charge in [-0.2, -0.15) is 0 Å². The normalized spacial score (nSPS) is 10.3. The van der Waals surface area contributed by atoms with E-state index in [-0.39, 0.29) is 18.3 Å². The van der Waals surface area contributed by atoms with Crippen molar-refractivity contribution in [1.82, 2.24) is 10.3 Å². The van der Waals surface area contributed by atoms with E-state index < -0.39 is 0 Å². The zero-order valence-corrected chi connectivity index (χ0v) is 15.1. The quantitative estimate of drug-likeness (QED) is 0.651. The first kappa shape index (κ1) is 17.8. The molecule has 0 aliphatic rings. The molecule has 5 nitrogen and oxygen atoms in total. The van der Waals surface area contributed by atoms with Crippen molar-refractivity contribution in [2.75, 3.05) is 6.61 Å². The Balaban J connectivity index is 1.49. The molecule has 2 aromatic carbocycles. The van der Waals surface area contributed by atoms with Gasteiger partial charge in [-0.1, -0.05) is 30.3 Å². The molecule has 132 valence electrons. The van der Waals surface area contributed by atoms with Crippen LogP contribution in [0.3, 0.4) is 0 Å². The molecule has 26 heavy (non-hydrogen) atoms. The van der Waals surface area contributed by atoms with Crippen LogP contribution in [-0.4, -0.2) is 23.3 Å². The van der Waals surface area contributed by atoms with Crippen LogP contribution in [0.1, 0.15) is 26.6 Å². The summed E-state index contributed by atoms with van der Waals surface area (Å²) in [5.74, 6) is 0.269. The Labute approximate surface area is 155 Å². The molecule has 1 aromatic heterocycles. The van der Waals surface area contributed by atoms with Crippen LogP contribution in [0.4, 0.5) is 0 Å². The first-order chi connectivity index (χ1) is 12.6. The fourth-order valence-corrected chi connectivity index (χ4v) is 3.03. The second-order valence-corrected chi connectivity index (χ2v) is 6.61. The van der Waals surface area contributed by atoms with Crippen molar-refractivity contribution in [2.24, 2.45) is 0 Å². The van der Waals surface area contributed by atoms with Crippen LogP contribution >= 0.6 is 11.3 Å². The number of aromatic nitrogens is 1. The van der Waals surface area contributed by atoms with Crippen LogP contribution in [0.25, 0.3) is 0 Å². The summed E-state index contributed by atoms with van der Waals surface area (Å²) in [4.78, 5) is 28.5. The van der Waals surface area contributed by atoms with Gasteiger partial charge in [-0.05, 0) is 31.2 Å². The van der Waals surface area contributed by atoms with E-state index in [4.69, 9.17) is 4.74 Å². The standard InChI is InChI=1S/C20H18N2O3S/c1-14-13-26-19(22-14)11-21-18(23)12-25-17-9-7-16(8-10-17)20(24)15-5-3-2-4-6-15/h2-10,13H,11-12H2,1H3,(H,21,23).